The number of aryl methyl sites for hydroxylation is 1. The topological polar surface area (TPSA) is 75.1 Å². The molecule has 182 valence electrons. The monoisotopic (exact) mass is 516 g/mol. The molecule has 1 aromatic carbocycles. The Morgan fingerprint density at radius 3 is 2.64 bits per heavy atom. The lowest BCUT2D eigenvalue weighted by atomic mass is 10.0. The molecule has 0 unspecified atom stereocenters. The van der Waals surface area contributed by atoms with Crippen molar-refractivity contribution in [1.29, 1.82) is 0 Å². The summed E-state index contributed by atoms with van der Waals surface area (Å²) in [7, 11) is 0. The van der Waals surface area contributed by atoms with Crippen LogP contribution in [0.1, 0.15) is 35.5 Å². The zero-order valence-electron chi connectivity index (χ0n) is 19.6. The molecule has 1 saturated heterocycles. The van der Waals surface area contributed by atoms with Crippen molar-refractivity contribution in [3.63, 3.8) is 0 Å². The molecule has 0 saturated carbocycles. The van der Waals surface area contributed by atoms with E-state index in [9.17, 15) is 4.79 Å². The van der Waals surface area contributed by atoms with E-state index in [-0.39, 0.29) is 24.4 Å². The molecule has 9 heteroatoms. The highest BCUT2D eigenvalue weighted by Gasteiger charge is 2.41. The predicted octanol–water partition coefficient (Wildman–Crippen LogP) is 5.23. The Labute approximate surface area is 220 Å². The summed E-state index contributed by atoms with van der Waals surface area (Å²) in [6.45, 7) is 2.46. The van der Waals surface area contributed by atoms with E-state index in [0.29, 0.717) is 16.7 Å². The molecule has 0 spiro atoms. The van der Waals surface area contributed by atoms with Crippen molar-refractivity contribution in [2.45, 2.75) is 25.4 Å². The fraction of sp³-hybridized carbons (Fsp3) is 0.185. The molecule has 7 nitrogen and oxygen atoms in total. The number of hydrogen-bond acceptors (Lipinski definition) is 4. The van der Waals surface area contributed by atoms with Gasteiger partial charge in [0.15, 0.2) is 5.11 Å². The van der Waals surface area contributed by atoms with E-state index in [2.05, 4.69) is 25.5 Å². The predicted molar refractivity (Wildman–Crippen MR) is 145 cm³/mol. The molecular formula is C27H25ClN6OS. The van der Waals surface area contributed by atoms with Crippen molar-refractivity contribution >= 4 is 40.5 Å². The van der Waals surface area contributed by atoms with Crippen molar-refractivity contribution in [2.24, 2.45) is 0 Å². The van der Waals surface area contributed by atoms with Crippen LogP contribution in [0, 0.1) is 6.92 Å². The van der Waals surface area contributed by atoms with Gasteiger partial charge < -0.3 is 20.1 Å². The third-order valence-corrected chi connectivity index (χ3v) is 6.73. The Kier molecular flexibility index (Phi) is 6.97. The number of halogens is 1. The molecule has 1 aliphatic rings. The lowest BCUT2D eigenvalue weighted by Crippen LogP contribution is -2.33. The fourth-order valence-corrected chi connectivity index (χ4v) is 4.85. The Morgan fingerprint density at radius 2 is 1.92 bits per heavy atom. The summed E-state index contributed by atoms with van der Waals surface area (Å²) in [5.74, 6) is 0.672. The van der Waals surface area contributed by atoms with Crippen molar-refractivity contribution in [2.75, 3.05) is 11.9 Å². The smallest absolute Gasteiger partial charge is 0.226 e. The number of anilines is 1. The first-order valence-corrected chi connectivity index (χ1v) is 12.4. The zero-order chi connectivity index (χ0) is 25.1. The third kappa shape index (κ3) is 5.10. The maximum atomic E-state index is 12.8. The highest BCUT2D eigenvalue weighted by Crippen LogP contribution is 2.39. The third-order valence-electron chi connectivity index (χ3n) is 6.15. The summed E-state index contributed by atoms with van der Waals surface area (Å²) < 4.78 is 2.02. The van der Waals surface area contributed by atoms with Gasteiger partial charge in [-0.25, -0.2) is 4.98 Å². The lowest BCUT2D eigenvalue weighted by molar-refractivity contribution is -0.116. The molecule has 4 heterocycles. The van der Waals surface area contributed by atoms with Gasteiger partial charge in [-0.3, -0.25) is 9.78 Å². The number of rotatable bonds is 7. The first kappa shape index (κ1) is 24.0. The van der Waals surface area contributed by atoms with Gasteiger partial charge in [0.25, 0.3) is 0 Å². The van der Waals surface area contributed by atoms with E-state index in [0.717, 1.165) is 28.5 Å². The summed E-state index contributed by atoms with van der Waals surface area (Å²) in [6.07, 6.45) is 5.64. The van der Waals surface area contributed by atoms with Crippen LogP contribution < -0.4 is 10.6 Å². The van der Waals surface area contributed by atoms with Crippen LogP contribution in [0.2, 0.25) is 5.02 Å². The number of pyridine rings is 2. The second kappa shape index (κ2) is 10.5. The second-order valence-corrected chi connectivity index (χ2v) is 9.45. The Bertz CT molecular complexity index is 1360. The summed E-state index contributed by atoms with van der Waals surface area (Å²) in [5, 5.41) is 7.56. The maximum Gasteiger partial charge on any atom is 0.226 e. The highest BCUT2D eigenvalue weighted by atomic mass is 35.5. The average Bonchev–Trinajstić information content (AvgIpc) is 3.49. The largest absolute Gasteiger partial charge is 0.352 e. The molecule has 1 aliphatic heterocycles. The second-order valence-electron chi connectivity index (χ2n) is 8.62. The van der Waals surface area contributed by atoms with Gasteiger partial charge in [-0.2, -0.15) is 0 Å². The molecule has 4 aromatic rings. The van der Waals surface area contributed by atoms with Gasteiger partial charge in [0.1, 0.15) is 5.82 Å². The standard InChI is InChI=1S/C27H25ClN6OS/c1-18-7-10-20(11-8-18)31-24(35)13-16-34-26(25(32-27(34)36)21-5-2-3-14-29-21)22-6-4-15-33(22)23-12-9-19(28)17-30-23/h2-12,14-15,17,25-26H,13,16H2,1H3,(H,31,35)(H,32,36)/t25-,26+/m0/s1. The summed E-state index contributed by atoms with van der Waals surface area (Å²) in [6, 6.07) is 20.9. The minimum absolute atomic E-state index is 0.0727. The first-order valence-electron chi connectivity index (χ1n) is 11.6. The first-order chi connectivity index (χ1) is 17.5. The van der Waals surface area contributed by atoms with Crippen molar-refractivity contribution in [3.8, 4) is 5.82 Å². The normalized spacial score (nSPS) is 17.2. The number of benzene rings is 1. The molecule has 0 aliphatic carbocycles. The molecule has 1 amide bonds. The van der Waals surface area contributed by atoms with E-state index < -0.39 is 0 Å². The van der Waals surface area contributed by atoms with Crippen LogP contribution in [-0.2, 0) is 4.79 Å². The van der Waals surface area contributed by atoms with Gasteiger partial charge in [-0.15, -0.1) is 0 Å². The highest BCUT2D eigenvalue weighted by molar-refractivity contribution is 7.80. The van der Waals surface area contributed by atoms with Gasteiger partial charge in [-0.1, -0.05) is 35.4 Å². The van der Waals surface area contributed by atoms with Crippen LogP contribution in [0.25, 0.3) is 5.82 Å². The Hall–Kier alpha value is -3.75. The minimum atomic E-state index is -0.202. The van der Waals surface area contributed by atoms with Crippen LogP contribution in [0.15, 0.2) is 85.3 Å². The van der Waals surface area contributed by atoms with Crippen LogP contribution in [0.4, 0.5) is 5.69 Å². The van der Waals surface area contributed by atoms with Crippen LogP contribution in [-0.4, -0.2) is 37.0 Å². The van der Waals surface area contributed by atoms with Gasteiger partial charge in [-0.05, 0) is 67.7 Å². The molecule has 0 radical (unpaired) electrons. The number of carbonyl (C=O) groups is 1. The summed E-state index contributed by atoms with van der Waals surface area (Å²) >= 11 is 11.8. The Morgan fingerprint density at radius 1 is 1.08 bits per heavy atom. The minimum Gasteiger partial charge on any atom is -0.352 e. The van der Waals surface area contributed by atoms with Gasteiger partial charge >= 0.3 is 0 Å². The van der Waals surface area contributed by atoms with Crippen molar-refractivity contribution in [3.05, 3.63) is 107 Å². The lowest BCUT2D eigenvalue weighted by Gasteiger charge is -2.28. The molecule has 5 rings (SSSR count). The van der Waals surface area contributed by atoms with Crippen LogP contribution >= 0.6 is 23.8 Å². The van der Waals surface area contributed by atoms with Crippen molar-refractivity contribution < 1.29 is 4.79 Å². The molecule has 1 fully saturated rings. The molecular weight excluding hydrogens is 492 g/mol. The number of hydrogen-bond donors (Lipinski definition) is 2. The Balaban J connectivity index is 1.43. The number of thiocarbonyl (C=S) groups is 1. The molecule has 0 bridgehead atoms. The van der Waals surface area contributed by atoms with Gasteiger partial charge in [0.2, 0.25) is 5.91 Å². The van der Waals surface area contributed by atoms with E-state index in [4.69, 9.17) is 23.8 Å². The quantitative estimate of drug-likeness (QED) is 0.328. The summed E-state index contributed by atoms with van der Waals surface area (Å²) in [4.78, 5) is 23.9. The van der Waals surface area contributed by atoms with Gasteiger partial charge in [0, 0.05) is 42.9 Å². The molecule has 2 atom stereocenters. The fourth-order valence-electron chi connectivity index (χ4n) is 4.40. The zero-order valence-corrected chi connectivity index (χ0v) is 21.2. The van der Waals surface area contributed by atoms with E-state index >= 15 is 0 Å². The van der Waals surface area contributed by atoms with Gasteiger partial charge in [0.05, 0.1) is 22.8 Å². The van der Waals surface area contributed by atoms with Crippen LogP contribution in [0.5, 0.6) is 0 Å². The maximum absolute atomic E-state index is 12.8. The average molecular weight is 517 g/mol. The molecule has 2 N–H and O–H groups in total. The van der Waals surface area contributed by atoms with Crippen LogP contribution in [0.3, 0.4) is 0 Å². The molecule has 3 aromatic heterocycles. The number of aromatic nitrogens is 3. The van der Waals surface area contributed by atoms with E-state index in [1.165, 1.54) is 0 Å². The number of nitrogens with one attached hydrogen (secondary N) is 2. The number of nitrogens with zero attached hydrogens (tertiary/aromatic N) is 4. The number of carbonyl (C=O) groups excluding carboxylic acids is 1. The number of amides is 1. The SMILES string of the molecule is Cc1ccc(NC(=O)CCN2C(=S)N[C@@H](c3ccccn3)[C@H]2c2cccn2-c2ccc(Cl)cn2)cc1. The molecule has 36 heavy (non-hydrogen) atoms. The van der Waals surface area contributed by atoms with E-state index in [1.54, 1.807) is 12.4 Å². The van der Waals surface area contributed by atoms with Crippen molar-refractivity contribution in [1.82, 2.24) is 24.8 Å². The van der Waals surface area contributed by atoms with E-state index in [1.807, 2.05) is 84.4 Å². The summed E-state index contributed by atoms with van der Waals surface area (Å²) in [5.41, 5.74) is 3.77.